The van der Waals surface area contributed by atoms with E-state index in [0.717, 1.165) is 25.0 Å². The topological polar surface area (TPSA) is 61.4 Å². The number of carbonyl (C=O) groups is 1. The first-order valence-corrected chi connectivity index (χ1v) is 10.7. The second-order valence-corrected chi connectivity index (χ2v) is 8.58. The minimum Gasteiger partial charge on any atom is -0.381 e. The number of rotatable bonds is 8. The van der Waals surface area contributed by atoms with Gasteiger partial charge in [-0.2, -0.15) is 39.5 Å². The van der Waals surface area contributed by atoms with Gasteiger partial charge in [0.2, 0.25) is 11.5 Å². The van der Waals surface area contributed by atoms with Gasteiger partial charge in [0, 0.05) is 18.7 Å². The molecule has 1 aliphatic carbocycles. The maximum absolute atomic E-state index is 13.7. The first-order chi connectivity index (χ1) is 16.5. The number of hydrogen-bond acceptors (Lipinski definition) is 3. The first kappa shape index (κ1) is 27.6. The molecule has 198 valence electrons. The summed E-state index contributed by atoms with van der Waals surface area (Å²) in [7, 11) is 0. The molecule has 0 saturated heterocycles. The summed E-state index contributed by atoms with van der Waals surface area (Å²) in [6.07, 6.45) is -13.5. The third-order valence-electron chi connectivity index (χ3n) is 5.75. The monoisotopic (exact) mass is 528 g/mol. The summed E-state index contributed by atoms with van der Waals surface area (Å²) in [5.41, 5.74) is -8.44. The third kappa shape index (κ3) is 6.62. The molecule has 0 heterocycles. The number of aliphatic hydroxyl groups is 1. The number of carbonyl (C=O) groups excluding carboxylic acids is 1. The zero-order chi connectivity index (χ0) is 26.9. The van der Waals surface area contributed by atoms with Gasteiger partial charge >= 0.3 is 18.5 Å². The molecule has 3 rings (SSSR count). The highest BCUT2D eigenvalue weighted by molar-refractivity contribution is 5.76. The standard InChI is InChI=1S/C23H21F9N2O2/c24-21(25,26)16-3-1-2-15(9-16)20(36,23(30,31)32)12-34-17-7-6-14(18(10-17)22(27,28)29)11-33-19(35)8-13-4-5-13/h1-3,6-7,9-10,13,34,36H,4-5,8,11-12H2,(H,33,35)/t20-/m0/s1. The van der Waals surface area contributed by atoms with Gasteiger partial charge in [0.15, 0.2) is 0 Å². The molecule has 0 aliphatic heterocycles. The lowest BCUT2D eigenvalue weighted by molar-refractivity contribution is -0.260. The van der Waals surface area contributed by atoms with Crippen LogP contribution in [0.2, 0.25) is 0 Å². The van der Waals surface area contributed by atoms with Crippen LogP contribution in [0.4, 0.5) is 45.2 Å². The Labute approximate surface area is 199 Å². The molecule has 0 bridgehead atoms. The van der Waals surface area contributed by atoms with Crippen LogP contribution in [-0.2, 0) is 29.3 Å². The second-order valence-electron chi connectivity index (χ2n) is 8.58. The van der Waals surface area contributed by atoms with Crippen molar-refractivity contribution in [2.75, 3.05) is 11.9 Å². The van der Waals surface area contributed by atoms with Crippen LogP contribution in [0.15, 0.2) is 42.5 Å². The average Bonchev–Trinajstić information content (AvgIpc) is 3.58. The van der Waals surface area contributed by atoms with Crippen molar-refractivity contribution in [1.29, 1.82) is 0 Å². The Bertz CT molecular complexity index is 1090. The number of amides is 1. The highest BCUT2D eigenvalue weighted by Gasteiger charge is 2.55. The smallest absolute Gasteiger partial charge is 0.381 e. The molecule has 0 unspecified atom stereocenters. The Morgan fingerprint density at radius 1 is 0.889 bits per heavy atom. The van der Waals surface area contributed by atoms with Crippen LogP contribution in [0.25, 0.3) is 0 Å². The molecule has 1 aliphatic rings. The summed E-state index contributed by atoms with van der Waals surface area (Å²) in [5, 5.41) is 14.8. The lowest BCUT2D eigenvalue weighted by atomic mass is 9.91. The summed E-state index contributed by atoms with van der Waals surface area (Å²) in [6.45, 7) is -1.93. The zero-order valence-electron chi connectivity index (χ0n) is 18.4. The van der Waals surface area contributed by atoms with E-state index in [1.807, 2.05) is 5.32 Å². The lowest BCUT2D eigenvalue weighted by Gasteiger charge is -2.32. The van der Waals surface area contributed by atoms with E-state index in [0.29, 0.717) is 24.3 Å². The van der Waals surface area contributed by atoms with E-state index in [2.05, 4.69) is 5.32 Å². The van der Waals surface area contributed by atoms with E-state index in [1.165, 1.54) is 0 Å². The SMILES string of the molecule is O=C(CC1CC1)NCc1ccc(NC[C@](O)(c2cccc(C(F)(F)F)c2)C(F)(F)F)cc1C(F)(F)F. The van der Waals surface area contributed by atoms with Gasteiger partial charge in [0.25, 0.3) is 0 Å². The van der Waals surface area contributed by atoms with Crippen LogP contribution >= 0.6 is 0 Å². The third-order valence-corrected chi connectivity index (χ3v) is 5.75. The van der Waals surface area contributed by atoms with Crippen LogP contribution in [0.3, 0.4) is 0 Å². The summed E-state index contributed by atoms with van der Waals surface area (Å²) < 4.78 is 121. The summed E-state index contributed by atoms with van der Waals surface area (Å²) in [4.78, 5) is 11.8. The fourth-order valence-electron chi connectivity index (χ4n) is 3.50. The van der Waals surface area contributed by atoms with Crippen LogP contribution < -0.4 is 10.6 Å². The molecule has 36 heavy (non-hydrogen) atoms. The number of nitrogens with one attached hydrogen (secondary N) is 2. The van der Waals surface area contributed by atoms with Crippen LogP contribution in [0, 0.1) is 5.92 Å². The van der Waals surface area contributed by atoms with Gasteiger partial charge in [-0.05, 0) is 54.2 Å². The van der Waals surface area contributed by atoms with Gasteiger partial charge in [-0.15, -0.1) is 0 Å². The van der Waals surface area contributed by atoms with Crippen molar-refractivity contribution in [3.8, 4) is 0 Å². The molecule has 0 spiro atoms. The van der Waals surface area contributed by atoms with Gasteiger partial charge in [-0.1, -0.05) is 18.2 Å². The van der Waals surface area contributed by atoms with Crippen molar-refractivity contribution in [1.82, 2.24) is 5.32 Å². The van der Waals surface area contributed by atoms with Crippen molar-refractivity contribution in [3.63, 3.8) is 0 Å². The first-order valence-electron chi connectivity index (χ1n) is 10.7. The van der Waals surface area contributed by atoms with Crippen molar-refractivity contribution in [2.45, 2.75) is 49.9 Å². The maximum Gasteiger partial charge on any atom is 0.423 e. The molecule has 2 aromatic carbocycles. The van der Waals surface area contributed by atoms with E-state index in [4.69, 9.17) is 0 Å². The predicted molar refractivity (Wildman–Crippen MR) is 111 cm³/mol. The van der Waals surface area contributed by atoms with Crippen LogP contribution in [0.5, 0.6) is 0 Å². The van der Waals surface area contributed by atoms with Gasteiger partial charge < -0.3 is 15.7 Å². The van der Waals surface area contributed by atoms with E-state index in [1.54, 1.807) is 0 Å². The van der Waals surface area contributed by atoms with Crippen molar-refractivity contribution in [3.05, 3.63) is 64.7 Å². The molecule has 1 amide bonds. The van der Waals surface area contributed by atoms with E-state index in [9.17, 15) is 49.4 Å². The minimum atomic E-state index is -5.47. The predicted octanol–water partition coefficient (Wildman–Crippen LogP) is 6.00. The molecule has 4 nitrogen and oxygen atoms in total. The molecule has 2 aromatic rings. The van der Waals surface area contributed by atoms with Crippen molar-refractivity contribution >= 4 is 11.6 Å². The number of anilines is 1. The van der Waals surface area contributed by atoms with Gasteiger partial charge in [0.05, 0.1) is 17.7 Å². The van der Waals surface area contributed by atoms with Crippen LogP contribution in [0.1, 0.15) is 41.5 Å². The molecule has 3 N–H and O–H groups in total. The quantitative estimate of drug-likeness (QED) is 0.369. The van der Waals surface area contributed by atoms with Crippen molar-refractivity contribution < 1.29 is 49.4 Å². The molecular formula is C23H21F9N2O2. The Hall–Kier alpha value is -2.96. The highest BCUT2D eigenvalue weighted by atomic mass is 19.4. The number of halogens is 9. The molecule has 0 aromatic heterocycles. The minimum absolute atomic E-state index is 0.129. The maximum atomic E-state index is 13.7. The lowest BCUT2D eigenvalue weighted by Crippen LogP contribution is -2.48. The Balaban J connectivity index is 1.83. The highest BCUT2D eigenvalue weighted by Crippen LogP contribution is 2.42. The van der Waals surface area contributed by atoms with Gasteiger partial charge in [0.1, 0.15) is 0 Å². The molecule has 1 atom stereocenters. The Morgan fingerprint density at radius 3 is 2.08 bits per heavy atom. The molecule has 13 heteroatoms. The van der Waals surface area contributed by atoms with E-state index in [-0.39, 0.29) is 24.0 Å². The Kier molecular flexibility index (Phi) is 7.54. The largest absolute Gasteiger partial charge is 0.423 e. The molecule has 1 fully saturated rings. The molecular weight excluding hydrogens is 507 g/mol. The number of alkyl halides is 9. The van der Waals surface area contributed by atoms with Crippen molar-refractivity contribution in [2.24, 2.45) is 5.92 Å². The fourth-order valence-corrected chi connectivity index (χ4v) is 3.50. The van der Waals surface area contributed by atoms with E-state index < -0.39 is 65.5 Å². The normalized spacial score (nSPS) is 16.4. The van der Waals surface area contributed by atoms with E-state index >= 15 is 0 Å². The fraction of sp³-hybridized carbons (Fsp3) is 0.435. The zero-order valence-corrected chi connectivity index (χ0v) is 18.4. The number of hydrogen-bond donors (Lipinski definition) is 3. The summed E-state index contributed by atoms with van der Waals surface area (Å²) in [5.74, 6) is -0.216. The average molecular weight is 528 g/mol. The number of benzene rings is 2. The summed E-state index contributed by atoms with van der Waals surface area (Å²) >= 11 is 0. The molecule has 0 radical (unpaired) electrons. The second kappa shape index (κ2) is 9.83. The van der Waals surface area contributed by atoms with Gasteiger partial charge in [-0.3, -0.25) is 4.79 Å². The summed E-state index contributed by atoms with van der Waals surface area (Å²) in [6, 6.07) is 4.45. The molecule has 1 saturated carbocycles. The van der Waals surface area contributed by atoms with Gasteiger partial charge in [-0.25, -0.2) is 0 Å². The van der Waals surface area contributed by atoms with Crippen LogP contribution in [-0.4, -0.2) is 23.7 Å². The Morgan fingerprint density at radius 2 is 1.53 bits per heavy atom.